The lowest BCUT2D eigenvalue weighted by molar-refractivity contribution is 0.142. The van der Waals surface area contributed by atoms with Crippen molar-refractivity contribution < 1.29 is 8.42 Å². The molecule has 1 fully saturated rings. The number of hydrogen-bond donors (Lipinski definition) is 1. The fourth-order valence-corrected chi connectivity index (χ4v) is 3.57. The Morgan fingerprint density at radius 3 is 2.28 bits per heavy atom. The molecule has 0 aromatic rings. The highest BCUT2D eigenvalue weighted by atomic mass is 32.2. The molecular weight excluding hydrogens is 250 g/mol. The molecule has 6 heteroatoms. The number of nitrogens with zero attached hydrogens (tertiary/aromatic N) is 2. The van der Waals surface area contributed by atoms with E-state index in [4.69, 9.17) is 0 Å². The van der Waals surface area contributed by atoms with E-state index >= 15 is 0 Å². The highest BCUT2D eigenvalue weighted by Gasteiger charge is 2.27. The summed E-state index contributed by atoms with van der Waals surface area (Å²) >= 11 is 0. The van der Waals surface area contributed by atoms with Crippen LogP contribution in [0.5, 0.6) is 0 Å². The molecule has 1 rings (SSSR count). The molecular formula is C12H27N3O2S. The minimum atomic E-state index is -3.07. The zero-order valence-corrected chi connectivity index (χ0v) is 12.7. The summed E-state index contributed by atoms with van der Waals surface area (Å²) in [6.45, 7) is 10.7. The molecule has 5 nitrogen and oxygen atoms in total. The van der Waals surface area contributed by atoms with Crippen molar-refractivity contribution in [2.45, 2.75) is 33.2 Å². The summed E-state index contributed by atoms with van der Waals surface area (Å²) in [7, 11) is -3.07. The summed E-state index contributed by atoms with van der Waals surface area (Å²) in [5, 5.41) is 3.06. The van der Waals surface area contributed by atoms with E-state index in [1.54, 1.807) is 4.31 Å². The highest BCUT2D eigenvalue weighted by Crippen LogP contribution is 2.11. The monoisotopic (exact) mass is 277 g/mol. The fraction of sp³-hybridized carbons (Fsp3) is 1.00. The third-order valence-corrected chi connectivity index (χ3v) is 5.54. The highest BCUT2D eigenvalue weighted by molar-refractivity contribution is 7.89. The Bertz CT molecular complexity index is 324. The van der Waals surface area contributed by atoms with E-state index in [0.717, 1.165) is 26.1 Å². The van der Waals surface area contributed by atoms with Crippen LogP contribution in [-0.4, -0.2) is 68.7 Å². The van der Waals surface area contributed by atoms with Gasteiger partial charge in [0.25, 0.3) is 0 Å². The maximum absolute atomic E-state index is 12.1. The van der Waals surface area contributed by atoms with Gasteiger partial charge in [-0.15, -0.1) is 0 Å². The van der Waals surface area contributed by atoms with Gasteiger partial charge in [-0.05, 0) is 19.9 Å². The largest absolute Gasteiger partial charge is 0.316 e. The van der Waals surface area contributed by atoms with Crippen molar-refractivity contribution >= 4 is 10.0 Å². The maximum Gasteiger partial charge on any atom is 0.215 e. The molecule has 1 saturated heterocycles. The number of nitrogens with one attached hydrogen (secondary N) is 1. The van der Waals surface area contributed by atoms with Crippen LogP contribution in [0.3, 0.4) is 0 Å². The van der Waals surface area contributed by atoms with Gasteiger partial charge in [-0.1, -0.05) is 13.8 Å². The predicted molar refractivity (Wildman–Crippen MR) is 75.2 cm³/mol. The molecule has 0 amide bonds. The number of sulfonamides is 1. The first-order valence-corrected chi connectivity index (χ1v) is 8.54. The SMILES string of the molecule is CCNCCS(=O)(=O)N1CCN(C(C)CC)CC1. The van der Waals surface area contributed by atoms with Gasteiger partial charge in [0.15, 0.2) is 0 Å². The summed E-state index contributed by atoms with van der Waals surface area (Å²) in [4.78, 5) is 2.37. The first-order valence-electron chi connectivity index (χ1n) is 6.93. The quantitative estimate of drug-likeness (QED) is 0.682. The Morgan fingerprint density at radius 1 is 1.17 bits per heavy atom. The van der Waals surface area contributed by atoms with Crippen LogP contribution in [0.15, 0.2) is 0 Å². The fourth-order valence-electron chi connectivity index (χ4n) is 2.19. The third-order valence-electron chi connectivity index (χ3n) is 3.67. The minimum absolute atomic E-state index is 0.212. The van der Waals surface area contributed by atoms with Crippen molar-refractivity contribution in [1.82, 2.24) is 14.5 Å². The van der Waals surface area contributed by atoms with Crippen LogP contribution in [0.1, 0.15) is 27.2 Å². The van der Waals surface area contributed by atoms with Crippen LogP contribution in [0, 0.1) is 0 Å². The zero-order valence-electron chi connectivity index (χ0n) is 11.9. The van der Waals surface area contributed by atoms with Crippen molar-refractivity contribution in [2.24, 2.45) is 0 Å². The third kappa shape index (κ3) is 4.50. The summed E-state index contributed by atoms with van der Waals surface area (Å²) in [6.07, 6.45) is 1.12. The average Bonchev–Trinajstić information content (AvgIpc) is 2.38. The Hall–Kier alpha value is -0.170. The second-order valence-electron chi connectivity index (χ2n) is 4.86. The van der Waals surface area contributed by atoms with Gasteiger partial charge in [0.1, 0.15) is 0 Å². The molecule has 1 heterocycles. The molecule has 0 aromatic carbocycles. The zero-order chi connectivity index (χ0) is 13.6. The van der Waals surface area contributed by atoms with Crippen LogP contribution in [0.25, 0.3) is 0 Å². The summed E-state index contributed by atoms with van der Waals surface area (Å²) < 4.78 is 25.8. The van der Waals surface area contributed by atoms with Crippen LogP contribution in [0.4, 0.5) is 0 Å². The van der Waals surface area contributed by atoms with Crippen LogP contribution >= 0.6 is 0 Å². The van der Waals surface area contributed by atoms with Gasteiger partial charge in [0.05, 0.1) is 5.75 Å². The molecule has 1 N–H and O–H groups in total. The normalized spacial score (nSPS) is 21.1. The van der Waals surface area contributed by atoms with E-state index in [9.17, 15) is 8.42 Å². The summed E-state index contributed by atoms with van der Waals surface area (Å²) in [5.74, 6) is 0.212. The Labute approximate surface area is 112 Å². The van der Waals surface area contributed by atoms with Crippen LogP contribution in [-0.2, 0) is 10.0 Å². The molecule has 1 aliphatic rings. The number of hydrogen-bond acceptors (Lipinski definition) is 4. The molecule has 108 valence electrons. The van der Waals surface area contributed by atoms with Gasteiger partial charge in [-0.25, -0.2) is 8.42 Å². The van der Waals surface area contributed by atoms with E-state index < -0.39 is 10.0 Å². The molecule has 0 bridgehead atoms. The van der Waals surface area contributed by atoms with Gasteiger partial charge in [0.2, 0.25) is 10.0 Å². The van der Waals surface area contributed by atoms with E-state index in [1.165, 1.54) is 0 Å². The van der Waals surface area contributed by atoms with Crippen molar-refractivity contribution in [3.05, 3.63) is 0 Å². The molecule has 0 radical (unpaired) electrons. The summed E-state index contributed by atoms with van der Waals surface area (Å²) in [6, 6.07) is 0.552. The van der Waals surface area contributed by atoms with E-state index in [-0.39, 0.29) is 5.75 Å². The first kappa shape index (κ1) is 15.9. The lowest BCUT2D eigenvalue weighted by Crippen LogP contribution is -2.52. The smallest absolute Gasteiger partial charge is 0.215 e. The second-order valence-corrected chi connectivity index (χ2v) is 6.95. The van der Waals surface area contributed by atoms with E-state index in [2.05, 4.69) is 24.1 Å². The molecule has 0 aromatic heterocycles. The number of rotatable bonds is 7. The minimum Gasteiger partial charge on any atom is -0.316 e. The number of piperazine rings is 1. The van der Waals surface area contributed by atoms with Gasteiger partial charge >= 0.3 is 0 Å². The standard InChI is InChI=1S/C12H27N3O2S/c1-4-12(3)14-7-9-15(10-8-14)18(16,17)11-6-13-5-2/h12-13H,4-11H2,1-3H3. The van der Waals surface area contributed by atoms with Crippen molar-refractivity contribution in [1.29, 1.82) is 0 Å². The van der Waals surface area contributed by atoms with Gasteiger partial charge in [-0.2, -0.15) is 4.31 Å². The van der Waals surface area contributed by atoms with Gasteiger partial charge in [-0.3, -0.25) is 4.90 Å². The van der Waals surface area contributed by atoms with E-state index in [1.807, 2.05) is 6.92 Å². The van der Waals surface area contributed by atoms with Gasteiger partial charge < -0.3 is 5.32 Å². The lowest BCUT2D eigenvalue weighted by atomic mass is 10.2. The molecule has 1 aliphatic heterocycles. The molecule has 1 atom stereocenters. The Morgan fingerprint density at radius 2 is 1.78 bits per heavy atom. The van der Waals surface area contributed by atoms with Crippen LogP contribution in [0.2, 0.25) is 0 Å². The first-order chi connectivity index (χ1) is 8.51. The van der Waals surface area contributed by atoms with Crippen LogP contribution < -0.4 is 5.32 Å². The van der Waals surface area contributed by atoms with Gasteiger partial charge in [0, 0.05) is 38.8 Å². The average molecular weight is 277 g/mol. The van der Waals surface area contributed by atoms with Crippen molar-refractivity contribution in [3.8, 4) is 0 Å². The second kappa shape index (κ2) is 7.43. The predicted octanol–water partition coefficient (Wildman–Crippen LogP) is 0.342. The van der Waals surface area contributed by atoms with E-state index in [0.29, 0.717) is 25.7 Å². The van der Waals surface area contributed by atoms with Crippen molar-refractivity contribution in [2.75, 3.05) is 45.0 Å². The molecule has 0 aliphatic carbocycles. The Balaban J connectivity index is 2.41. The molecule has 0 saturated carbocycles. The topological polar surface area (TPSA) is 52.7 Å². The molecule has 0 spiro atoms. The Kier molecular flexibility index (Phi) is 6.55. The molecule has 1 unspecified atom stereocenters. The molecule has 18 heavy (non-hydrogen) atoms. The lowest BCUT2D eigenvalue weighted by Gasteiger charge is -2.37. The van der Waals surface area contributed by atoms with Crippen molar-refractivity contribution in [3.63, 3.8) is 0 Å². The summed E-state index contributed by atoms with van der Waals surface area (Å²) in [5.41, 5.74) is 0. The maximum atomic E-state index is 12.1.